The lowest BCUT2D eigenvalue weighted by Crippen LogP contribution is -2.22. The molecule has 1 aromatic heterocycles. The third-order valence-electron chi connectivity index (χ3n) is 3.53. The number of aromatic nitrogens is 1. The van der Waals surface area contributed by atoms with Crippen LogP contribution in [0.3, 0.4) is 0 Å². The molecular weight excluding hydrogens is 282 g/mol. The molecule has 0 bridgehead atoms. The Hall–Kier alpha value is -1.55. The Morgan fingerprint density at radius 2 is 2.10 bits per heavy atom. The van der Waals surface area contributed by atoms with Gasteiger partial charge in [-0.25, -0.2) is 0 Å². The highest BCUT2D eigenvalue weighted by molar-refractivity contribution is 7.99. The Labute approximate surface area is 129 Å². The Morgan fingerprint density at radius 3 is 2.76 bits per heavy atom. The number of para-hydroxylation sites is 1. The highest BCUT2D eigenvalue weighted by Gasteiger charge is 2.13. The van der Waals surface area contributed by atoms with Gasteiger partial charge in [-0.1, -0.05) is 31.5 Å². The second-order valence-electron chi connectivity index (χ2n) is 5.20. The lowest BCUT2D eigenvalue weighted by atomic mass is 10.0. The van der Waals surface area contributed by atoms with Gasteiger partial charge in [0.1, 0.15) is 0 Å². The molecule has 1 heterocycles. The largest absolute Gasteiger partial charge is 0.550 e. The molecule has 0 spiro atoms. The normalized spacial score (nSPS) is 11.0. The number of aliphatic carboxylic acids is 1. The summed E-state index contributed by atoms with van der Waals surface area (Å²) in [5, 5.41) is 11.8. The summed E-state index contributed by atoms with van der Waals surface area (Å²) in [6, 6.07) is 6.17. The molecule has 21 heavy (non-hydrogen) atoms. The molecule has 1 aromatic carbocycles. The number of carboxylic acid groups (broad SMARTS) is 1. The van der Waals surface area contributed by atoms with E-state index in [-0.39, 0.29) is 6.42 Å². The average Bonchev–Trinajstić information content (AvgIpc) is 2.43. The predicted octanol–water partition coefficient (Wildman–Crippen LogP) is 3.04. The maximum Gasteiger partial charge on any atom is 0.0745 e. The molecular formula is C17H20NO2S-. The number of carbonyl (C=O) groups excluding carboxylic acids is 1. The zero-order valence-corrected chi connectivity index (χ0v) is 13.5. The van der Waals surface area contributed by atoms with Crippen molar-refractivity contribution in [3.63, 3.8) is 0 Å². The second kappa shape index (κ2) is 6.94. The number of hydrogen-bond acceptors (Lipinski definition) is 4. The Kier molecular flexibility index (Phi) is 5.23. The van der Waals surface area contributed by atoms with Crippen molar-refractivity contribution in [2.24, 2.45) is 0 Å². The van der Waals surface area contributed by atoms with Gasteiger partial charge in [-0.3, -0.25) is 4.98 Å². The van der Waals surface area contributed by atoms with Gasteiger partial charge in [-0.2, -0.15) is 0 Å². The smallest absolute Gasteiger partial charge is 0.0745 e. The summed E-state index contributed by atoms with van der Waals surface area (Å²) in [5.41, 5.74) is 4.47. The standard InChI is InChI=1S/C17H21NO2S/c1-4-6-13-12(3)18-16-11(2)7-5-8-14(16)17(13)21-10-9-15(19)20/h5,7-8H,4,6,9-10H2,1-3H3,(H,19,20)/p-1. The van der Waals surface area contributed by atoms with E-state index in [0.29, 0.717) is 5.75 Å². The Bertz CT molecular complexity index is 667. The van der Waals surface area contributed by atoms with Crippen LogP contribution in [0.4, 0.5) is 0 Å². The summed E-state index contributed by atoms with van der Waals surface area (Å²) in [7, 11) is 0. The van der Waals surface area contributed by atoms with Crippen LogP contribution in [0.5, 0.6) is 0 Å². The lowest BCUT2D eigenvalue weighted by Gasteiger charge is -2.16. The molecule has 0 aliphatic heterocycles. The van der Waals surface area contributed by atoms with Crippen LogP contribution in [-0.4, -0.2) is 16.7 Å². The van der Waals surface area contributed by atoms with Gasteiger partial charge < -0.3 is 9.90 Å². The van der Waals surface area contributed by atoms with Crippen LogP contribution in [0.15, 0.2) is 23.1 Å². The molecule has 0 N–H and O–H groups in total. The molecule has 112 valence electrons. The van der Waals surface area contributed by atoms with Crippen molar-refractivity contribution >= 4 is 28.6 Å². The SMILES string of the molecule is CCCc1c(C)nc2c(C)cccc2c1SCCC(=O)[O-]. The Balaban J connectivity index is 2.52. The molecule has 3 nitrogen and oxygen atoms in total. The number of carboxylic acids is 1. The van der Waals surface area contributed by atoms with E-state index >= 15 is 0 Å². The molecule has 0 radical (unpaired) electrons. The van der Waals surface area contributed by atoms with E-state index in [1.807, 2.05) is 13.0 Å². The number of pyridine rings is 1. The molecule has 0 saturated heterocycles. The van der Waals surface area contributed by atoms with Crippen LogP contribution in [0.1, 0.15) is 36.6 Å². The van der Waals surface area contributed by atoms with Gasteiger partial charge in [0.15, 0.2) is 0 Å². The summed E-state index contributed by atoms with van der Waals surface area (Å²) in [6.45, 7) is 6.25. The zero-order chi connectivity index (χ0) is 15.4. The highest BCUT2D eigenvalue weighted by Crippen LogP contribution is 2.34. The van der Waals surface area contributed by atoms with Crippen LogP contribution >= 0.6 is 11.8 Å². The molecule has 0 aliphatic rings. The van der Waals surface area contributed by atoms with Crippen LogP contribution in [-0.2, 0) is 11.2 Å². The van der Waals surface area contributed by atoms with E-state index in [2.05, 4.69) is 26.0 Å². The third kappa shape index (κ3) is 3.56. The molecule has 0 saturated carbocycles. The van der Waals surface area contributed by atoms with E-state index in [4.69, 9.17) is 4.98 Å². The van der Waals surface area contributed by atoms with Crippen molar-refractivity contribution in [3.8, 4) is 0 Å². The first-order valence-electron chi connectivity index (χ1n) is 7.26. The fraction of sp³-hybridized carbons (Fsp3) is 0.412. The van der Waals surface area contributed by atoms with E-state index in [9.17, 15) is 9.90 Å². The number of thioether (sulfide) groups is 1. The van der Waals surface area contributed by atoms with Crippen LogP contribution in [0.25, 0.3) is 10.9 Å². The number of rotatable bonds is 6. The zero-order valence-electron chi connectivity index (χ0n) is 12.7. The average molecular weight is 302 g/mol. The topological polar surface area (TPSA) is 53.0 Å². The fourth-order valence-electron chi connectivity index (χ4n) is 2.50. The summed E-state index contributed by atoms with van der Waals surface area (Å²) >= 11 is 1.61. The van der Waals surface area contributed by atoms with E-state index < -0.39 is 5.97 Å². The molecule has 2 aromatic rings. The monoisotopic (exact) mass is 302 g/mol. The molecule has 0 atom stereocenters. The summed E-state index contributed by atoms with van der Waals surface area (Å²) < 4.78 is 0. The number of nitrogens with zero attached hydrogens (tertiary/aromatic N) is 1. The van der Waals surface area contributed by atoms with Crippen molar-refractivity contribution in [3.05, 3.63) is 35.0 Å². The number of aryl methyl sites for hydroxylation is 2. The second-order valence-corrected chi connectivity index (χ2v) is 6.30. The number of fused-ring (bicyclic) bond motifs is 1. The third-order valence-corrected chi connectivity index (χ3v) is 4.69. The van der Waals surface area contributed by atoms with Gasteiger partial charge >= 0.3 is 0 Å². The molecule has 0 amide bonds. The lowest BCUT2D eigenvalue weighted by molar-refractivity contribution is -0.305. The van der Waals surface area contributed by atoms with Gasteiger partial charge in [-0.05, 0) is 37.8 Å². The van der Waals surface area contributed by atoms with E-state index in [1.54, 1.807) is 11.8 Å². The van der Waals surface area contributed by atoms with Gasteiger partial charge in [0, 0.05) is 27.7 Å². The minimum Gasteiger partial charge on any atom is -0.550 e. The minimum absolute atomic E-state index is 0.0743. The predicted molar refractivity (Wildman–Crippen MR) is 85.6 cm³/mol. The molecule has 4 heteroatoms. The van der Waals surface area contributed by atoms with Gasteiger partial charge in [0.25, 0.3) is 0 Å². The Morgan fingerprint density at radius 1 is 1.33 bits per heavy atom. The van der Waals surface area contributed by atoms with Crippen molar-refractivity contribution in [2.45, 2.75) is 44.9 Å². The quantitative estimate of drug-likeness (QED) is 0.770. The van der Waals surface area contributed by atoms with E-state index in [0.717, 1.165) is 35.0 Å². The van der Waals surface area contributed by atoms with Crippen LogP contribution in [0, 0.1) is 13.8 Å². The van der Waals surface area contributed by atoms with Crippen molar-refractivity contribution in [1.29, 1.82) is 0 Å². The number of carbonyl (C=O) groups is 1. The number of hydrogen-bond donors (Lipinski definition) is 0. The van der Waals surface area contributed by atoms with Gasteiger partial charge in [-0.15, -0.1) is 11.8 Å². The van der Waals surface area contributed by atoms with Crippen molar-refractivity contribution < 1.29 is 9.90 Å². The first-order valence-corrected chi connectivity index (χ1v) is 8.24. The number of benzene rings is 1. The minimum atomic E-state index is -0.995. The maximum atomic E-state index is 10.6. The summed E-state index contributed by atoms with van der Waals surface area (Å²) in [5.74, 6) is -0.461. The highest BCUT2D eigenvalue weighted by atomic mass is 32.2. The molecule has 2 rings (SSSR count). The van der Waals surface area contributed by atoms with Gasteiger partial charge in [0.05, 0.1) is 5.52 Å². The van der Waals surface area contributed by atoms with E-state index in [1.165, 1.54) is 10.5 Å². The molecule has 0 aliphatic carbocycles. The first kappa shape index (κ1) is 15.8. The molecule has 0 fully saturated rings. The van der Waals surface area contributed by atoms with Crippen molar-refractivity contribution in [2.75, 3.05) is 5.75 Å². The van der Waals surface area contributed by atoms with Crippen molar-refractivity contribution in [1.82, 2.24) is 4.98 Å². The van der Waals surface area contributed by atoms with Crippen LogP contribution < -0.4 is 5.11 Å². The fourth-order valence-corrected chi connectivity index (χ4v) is 3.72. The first-order chi connectivity index (χ1) is 10.0. The summed E-state index contributed by atoms with van der Waals surface area (Å²) in [4.78, 5) is 16.6. The van der Waals surface area contributed by atoms with Crippen LogP contribution in [0.2, 0.25) is 0 Å². The molecule has 0 unspecified atom stereocenters. The maximum absolute atomic E-state index is 10.6. The summed E-state index contributed by atoms with van der Waals surface area (Å²) in [6.07, 6.45) is 2.09. The van der Waals surface area contributed by atoms with Gasteiger partial charge in [0.2, 0.25) is 0 Å².